The van der Waals surface area contributed by atoms with Crippen LogP contribution in [0.4, 0.5) is 11.8 Å². The largest absolute Gasteiger partial charge is 0.368 e. The number of anilines is 2. The molecule has 0 spiro atoms. The lowest BCUT2D eigenvalue weighted by Gasteiger charge is -2.32. The average Bonchev–Trinajstić information content (AvgIpc) is 2.26. The highest BCUT2D eigenvalue weighted by molar-refractivity contribution is 5.89. The second-order valence-corrected chi connectivity index (χ2v) is 5.07. The van der Waals surface area contributed by atoms with Crippen molar-refractivity contribution in [2.45, 2.75) is 32.2 Å². The van der Waals surface area contributed by atoms with E-state index in [0.717, 1.165) is 22.6 Å². The molecule has 1 fully saturated rings. The number of benzene rings is 1. The zero-order valence-electron chi connectivity index (χ0n) is 10.6. The highest BCUT2D eigenvalue weighted by Gasteiger charge is 2.24. The fourth-order valence-electron chi connectivity index (χ4n) is 2.48. The maximum Gasteiger partial charge on any atom is 0.222 e. The van der Waals surface area contributed by atoms with Crippen LogP contribution in [-0.4, -0.2) is 16.0 Å². The minimum Gasteiger partial charge on any atom is -0.368 e. The van der Waals surface area contributed by atoms with Crippen LogP contribution in [0.25, 0.3) is 10.9 Å². The van der Waals surface area contributed by atoms with Crippen molar-refractivity contribution >= 4 is 22.7 Å². The highest BCUT2D eigenvalue weighted by atomic mass is 15.1. The summed E-state index contributed by atoms with van der Waals surface area (Å²) in [5.74, 6) is 1.95. The number of nitrogen functional groups attached to an aromatic ring is 1. The molecule has 1 unspecified atom stereocenters. The summed E-state index contributed by atoms with van der Waals surface area (Å²) >= 11 is 0. The lowest BCUT2D eigenvalue weighted by atomic mass is 9.80. The van der Waals surface area contributed by atoms with E-state index in [0.29, 0.717) is 12.0 Å². The van der Waals surface area contributed by atoms with Crippen LogP contribution in [0, 0.1) is 5.92 Å². The number of hydrogen-bond donors (Lipinski definition) is 2. The molecule has 4 heteroatoms. The molecule has 0 radical (unpaired) electrons. The number of nitrogens with two attached hydrogens (primary N) is 1. The van der Waals surface area contributed by atoms with Crippen molar-refractivity contribution in [3.05, 3.63) is 24.3 Å². The minimum atomic E-state index is 0.331. The normalized spacial score (nSPS) is 17.4. The van der Waals surface area contributed by atoms with Gasteiger partial charge in [0, 0.05) is 11.4 Å². The number of rotatable bonds is 3. The van der Waals surface area contributed by atoms with Crippen LogP contribution >= 0.6 is 0 Å². The van der Waals surface area contributed by atoms with Crippen LogP contribution in [0.1, 0.15) is 26.2 Å². The molecule has 1 aliphatic rings. The predicted octanol–water partition coefficient (Wildman–Crippen LogP) is 2.81. The van der Waals surface area contributed by atoms with E-state index in [-0.39, 0.29) is 0 Å². The Morgan fingerprint density at radius 1 is 1.28 bits per heavy atom. The van der Waals surface area contributed by atoms with E-state index in [2.05, 4.69) is 22.2 Å². The van der Waals surface area contributed by atoms with Gasteiger partial charge in [0.05, 0.1) is 5.52 Å². The van der Waals surface area contributed by atoms with E-state index in [1.54, 1.807) is 0 Å². The fraction of sp³-hybridized carbons (Fsp3) is 0.429. The molecule has 0 aliphatic heterocycles. The van der Waals surface area contributed by atoms with Gasteiger partial charge in [0.1, 0.15) is 5.82 Å². The molecule has 1 aliphatic carbocycles. The smallest absolute Gasteiger partial charge is 0.222 e. The summed E-state index contributed by atoms with van der Waals surface area (Å²) in [7, 11) is 0. The molecule has 1 saturated carbocycles. The van der Waals surface area contributed by atoms with Crippen molar-refractivity contribution in [3.63, 3.8) is 0 Å². The molecular weight excluding hydrogens is 224 g/mol. The quantitative estimate of drug-likeness (QED) is 0.868. The summed E-state index contributed by atoms with van der Waals surface area (Å²) in [5.41, 5.74) is 6.66. The third-order valence-corrected chi connectivity index (χ3v) is 3.84. The van der Waals surface area contributed by atoms with Crippen LogP contribution in [0.2, 0.25) is 0 Å². The number of hydrogen-bond acceptors (Lipinski definition) is 4. The van der Waals surface area contributed by atoms with Gasteiger partial charge in [-0.1, -0.05) is 18.6 Å². The number of nitrogens with one attached hydrogen (secondary N) is 1. The number of para-hydroxylation sites is 1. The summed E-state index contributed by atoms with van der Waals surface area (Å²) in [6, 6.07) is 8.41. The van der Waals surface area contributed by atoms with Crippen LogP contribution in [0.5, 0.6) is 0 Å². The second-order valence-electron chi connectivity index (χ2n) is 5.07. The average molecular weight is 242 g/mol. The predicted molar refractivity (Wildman–Crippen MR) is 74.4 cm³/mol. The molecule has 2 aromatic rings. The first-order chi connectivity index (χ1) is 8.74. The summed E-state index contributed by atoms with van der Waals surface area (Å²) < 4.78 is 0. The van der Waals surface area contributed by atoms with Crippen molar-refractivity contribution < 1.29 is 0 Å². The van der Waals surface area contributed by atoms with E-state index < -0.39 is 0 Å². The van der Waals surface area contributed by atoms with Crippen LogP contribution in [0.15, 0.2) is 24.3 Å². The van der Waals surface area contributed by atoms with Crippen LogP contribution in [0.3, 0.4) is 0 Å². The van der Waals surface area contributed by atoms with Gasteiger partial charge in [-0.2, -0.15) is 4.98 Å². The number of nitrogens with zero attached hydrogens (tertiary/aromatic N) is 2. The Kier molecular flexibility index (Phi) is 2.78. The Hall–Kier alpha value is -1.84. The van der Waals surface area contributed by atoms with Crippen molar-refractivity contribution in [2.24, 2.45) is 5.92 Å². The molecule has 94 valence electrons. The summed E-state index contributed by atoms with van der Waals surface area (Å²) in [6.45, 7) is 2.22. The van der Waals surface area contributed by atoms with Crippen molar-refractivity contribution in [1.82, 2.24) is 9.97 Å². The van der Waals surface area contributed by atoms with E-state index in [4.69, 9.17) is 5.73 Å². The first-order valence-corrected chi connectivity index (χ1v) is 6.53. The van der Waals surface area contributed by atoms with Gasteiger partial charge in [-0.3, -0.25) is 0 Å². The Balaban J connectivity index is 1.94. The van der Waals surface area contributed by atoms with Gasteiger partial charge in [0.15, 0.2) is 0 Å². The van der Waals surface area contributed by atoms with Crippen LogP contribution < -0.4 is 11.1 Å². The monoisotopic (exact) mass is 242 g/mol. The summed E-state index contributed by atoms with van der Waals surface area (Å²) in [5, 5.41) is 4.54. The molecule has 1 heterocycles. The van der Waals surface area contributed by atoms with Gasteiger partial charge in [-0.15, -0.1) is 0 Å². The van der Waals surface area contributed by atoms with E-state index >= 15 is 0 Å². The number of fused-ring (bicyclic) bond motifs is 1. The third-order valence-electron chi connectivity index (χ3n) is 3.84. The lowest BCUT2D eigenvalue weighted by Crippen LogP contribution is -2.31. The lowest BCUT2D eigenvalue weighted by molar-refractivity contribution is 0.285. The molecule has 1 atom stereocenters. The standard InChI is InChI=1S/C14H18N4/c1-9(10-5-4-6-10)16-13-11-7-2-3-8-12(11)17-14(15)18-13/h2-3,7-10H,4-6H2,1H3,(H3,15,16,17,18). The maximum atomic E-state index is 5.76. The molecule has 4 nitrogen and oxygen atoms in total. The first-order valence-electron chi connectivity index (χ1n) is 6.53. The van der Waals surface area contributed by atoms with Gasteiger partial charge < -0.3 is 11.1 Å². The molecule has 1 aromatic heterocycles. The maximum absolute atomic E-state index is 5.76. The highest BCUT2D eigenvalue weighted by Crippen LogP contribution is 2.32. The van der Waals surface area contributed by atoms with Gasteiger partial charge in [0.25, 0.3) is 0 Å². The molecule has 18 heavy (non-hydrogen) atoms. The molecule has 1 aromatic carbocycles. The molecular formula is C14H18N4. The Bertz CT molecular complexity index is 563. The van der Waals surface area contributed by atoms with Crippen LogP contribution in [-0.2, 0) is 0 Å². The fourth-order valence-corrected chi connectivity index (χ4v) is 2.48. The van der Waals surface area contributed by atoms with E-state index in [1.807, 2.05) is 24.3 Å². The van der Waals surface area contributed by atoms with E-state index in [1.165, 1.54) is 19.3 Å². The molecule has 0 saturated heterocycles. The molecule has 0 bridgehead atoms. The van der Waals surface area contributed by atoms with E-state index in [9.17, 15) is 0 Å². The summed E-state index contributed by atoms with van der Waals surface area (Å²) in [4.78, 5) is 8.59. The van der Waals surface area contributed by atoms with Gasteiger partial charge in [-0.25, -0.2) is 4.98 Å². The Morgan fingerprint density at radius 2 is 2.06 bits per heavy atom. The zero-order valence-corrected chi connectivity index (χ0v) is 10.6. The topological polar surface area (TPSA) is 63.8 Å². The SMILES string of the molecule is CC(Nc1nc(N)nc2ccccc12)C1CCC1. The first kappa shape index (κ1) is 11.3. The molecule has 0 amide bonds. The molecule has 3 N–H and O–H groups in total. The van der Waals surface area contributed by atoms with Crippen molar-refractivity contribution in [1.29, 1.82) is 0 Å². The van der Waals surface area contributed by atoms with Gasteiger partial charge in [0.2, 0.25) is 5.95 Å². The Labute approximate surface area is 107 Å². The number of aromatic nitrogens is 2. The van der Waals surface area contributed by atoms with Gasteiger partial charge >= 0.3 is 0 Å². The van der Waals surface area contributed by atoms with Crippen molar-refractivity contribution in [3.8, 4) is 0 Å². The van der Waals surface area contributed by atoms with Gasteiger partial charge in [-0.05, 0) is 37.8 Å². The zero-order chi connectivity index (χ0) is 12.5. The Morgan fingerprint density at radius 3 is 2.78 bits per heavy atom. The second kappa shape index (κ2) is 4.44. The minimum absolute atomic E-state index is 0.331. The molecule has 3 rings (SSSR count). The third kappa shape index (κ3) is 1.98. The van der Waals surface area contributed by atoms with Crippen molar-refractivity contribution in [2.75, 3.05) is 11.1 Å². The summed E-state index contributed by atoms with van der Waals surface area (Å²) in [6.07, 6.45) is 3.97.